The van der Waals surface area contributed by atoms with Crippen molar-refractivity contribution in [2.45, 2.75) is 52.2 Å². The SMILES string of the molecule is CCCN(c1nc(C)c(C(C)O)s1)C1CC1. The molecule has 4 heteroatoms. The van der Waals surface area contributed by atoms with Gasteiger partial charge in [0.15, 0.2) is 5.13 Å². The molecule has 2 rings (SSSR count). The van der Waals surface area contributed by atoms with Gasteiger partial charge < -0.3 is 10.0 Å². The van der Waals surface area contributed by atoms with Crippen molar-refractivity contribution >= 4 is 16.5 Å². The van der Waals surface area contributed by atoms with E-state index >= 15 is 0 Å². The summed E-state index contributed by atoms with van der Waals surface area (Å²) in [5.74, 6) is 0. The lowest BCUT2D eigenvalue weighted by molar-refractivity contribution is 0.202. The van der Waals surface area contributed by atoms with Crippen LogP contribution in [0, 0.1) is 6.92 Å². The average Bonchev–Trinajstić information content (AvgIpc) is 2.98. The van der Waals surface area contributed by atoms with E-state index in [9.17, 15) is 5.11 Å². The van der Waals surface area contributed by atoms with Crippen LogP contribution in [0.3, 0.4) is 0 Å². The molecule has 1 heterocycles. The third-order valence-electron chi connectivity index (χ3n) is 2.90. The minimum atomic E-state index is -0.395. The Bertz CT molecular complexity index is 358. The zero-order chi connectivity index (χ0) is 11.7. The van der Waals surface area contributed by atoms with Crippen LogP contribution in [0.5, 0.6) is 0 Å². The van der Waals surface area contributed by atoms with E-state index in [0.29, 0.717) is 6.04 Å². The molecule has 1 fully saturated rings. The first-order valence-corrected chi connectivity index (χ1v) is 6.87. The van der Waals surface area contributed by atoms with Gasteiger partial charge in [0.25, 0.3) is 0 Å². The molecule has 0 bridgehead atoms. The third-order valence-corrected chi connectivity index (χ3v) is 4.26. The molecule has 16 heavy (non-hydrogen) atoms. The standard InChI is InChI=1S/C12H20N2OS/c1-4-7-14(10-5-6-10)12-13-8(2)11(16-12)9(3)15/h9-10,15H,4-7H2,1-3H3. The first kappa shape index (κ1) is 11.9. The highest BCUT2D eigenvalue weighted by Crippen LogP contribution is 2.37. The molecule has 1 saturated carbocycles. The number of aryl methyl sites for hydroxylation is 1. The van der Waals surface area contributed by atoms with Crippen LogP contribution in [0.25, 0.3) is 0 Å². The van der Waals surface area contributed by atoms with Gasteiger partial charge in [0.05, 0.1) is 16.7 Å². The number of aliphatic hydroxyl groups is 1. The molecule has 0 radical (unpaired) electrons. The van der Waals surface area contributed by atoms with Crippen molar-refractivity contribution in [3.05, 3.63) is 10.6 Å². The Morgan fingerprint density at radius 3 is 2.69 bits per heavy atom. The van der Waals surface area contributed by atoms with Crippen molar-refractivity contribution in [1.82, 2.24) is 4.98 Å². The van der Waals surface area contributed by atoms with Crippen LogP contribution in [0.2, 0.25) is 0 Å². The maximum absolute atomic E-state index is 9.64. The second-order valence-electron chi connectivity index (χ2n) is 4.55. The van der Waals surface area contributed by atoms with Crippen molar-refractivity contribution in [3.8, 4) is 0 Å². The fraction of sp³-hybridized carbons (Fsp3) is 0.750. The van der Waals surface area contributed by atoms with E-state index in [1.165, 1.54) is 12.8 Å². The summed E-state index contributed by atoms with van der Waals surface area (Å²) in [6, 6.07) is 0.701. The number of hydrogen-bond acceptors (Lipinski definition) is 4. The summed E-state index contributed by atoms with van der Waals surface area (Å²) < 4.78 is 0. The maximum Gasteiger partial charge on any atom is 0.186 e. The number of hydrogen-bond donors (Lipinski definition) is 1. The molecule has 0 aliphatic heterocycles. The molecular formula is C12H20N2OS. The van der Waals surface area contributed by atoms with Crippen LogP contribution in [-0.4, -0.2) is 22.7 Å². The fourth-order valence-corrected chi connectivity index (χ4v) is 3.07. The van der Waals surface area contributed by atoms with Gasteiger partial charge in [-0.15, -0.1) is 0 Å². The highest BCUT2D eigenvalue weighted by molar-refractivity contribution is 7.15. The second kappa shape index (κ2) is 4.72. The van der Waals surface area contributed by atoms with Gasteiger partial charge in [0.1, 0.15) is 0 Å². The molecule has 0 saturated heterocycles. The Morgan fingerprint density at radius 1 is 1.56 bits per heavy atom. The normalized spacial score (nSPS) is 17.5. The molecule has 0 amide bonds. The van der Waals surface area contributed by atoms with E-state index in [2.05, 4.69) is 16.8 Å². The highest BCUT2D eigenvalue weighted by atomic mass is 32.1. The monoisotopic (exact) mass is 240 g/mol. The fourth-order valence-electron chi connectivity index (χ4n) is 1.97. The van der Waals surface area contributed by atoms with Crippen LogP contribution in [0.15, 0.2) is 0 Å². The third kappa shape index (κ3) is 2.38. The molecule has 0 aromatic carbocycles. The van der Waals surface area contributed by atoms with Crippen LogP contribution in [-0.2, 0) is 0 Å². The molecule has 1 aliphatic carbocycles. The van der Waals surface area contributed by atoms with Crippen molar-refractivity contribution in [1.29, 1.82) is 0 Å². The van der Waals surface area contributed by atoms with Gasteiger partial charge in [-0.3, -0.25) is 0 Å². The molecule has 1 aromatic rings. The first-order valence-electron chi connectivity index (χ1n) is 6.05. The lowest BCUT2D eigenvalue weighted by Gasteiger charge is -2.20. The second-order valence-corrected chi connectivity index (χ2v) is 5.56. The average molecular weight is 240 g/mol. The van der Waals surface area contributed by atoms with Crippen molar-refractivity contribution in [2.75, 3.05) is 11.4 Å². The van der Waals surface area contributed by atoms with E-state index in [1.807, 2.05) is 13.8 Å². The Hall–Kier alpha value is -0.610. The van der Waals surface area contributed by atoms with Crippen LogP contribution in [0.1, 0.15) is 49.8 Å². The van der Waals surface area contributed by atoms with Crippen molar-refractivity contribution in [2.24, 2.45) is 0 Å². The first-order chi connectivity index (χ1) is 7.63. The molecule has 1 aromatic heterocycles. The zero-order valence-electron chi connectivity index (χ0n) is 10.2. The van der Waals surface area contributed by atoms with Crippen LogP contribution < -0.4 is 4.90 Å². The van der Waals surface area contributed by atoms with Crippen LogP contribution in [0.4, 0.5) is 5.13 Å². The predicted molar refractivity (Wildman–Crippen MR) is 68.1 cm³/mol. The molecule has 90 valence electrons. The Labute approximate surface area is 101 Å². The quantitative estimate of drug-likeness (QED) is 0.859. The topological polar surface area (TPSA) is 36.4 Å². The molecule has 0 spiro atoms. The van der Waals surface area contributed by atoms with E-state index in [1.54, 1.807) is 11.3 Å². The van der Waals surface area contributed by atoms with Gasteiger partial charge in [-0.05, 0) is 33.1 Å². The van der Waals surface area contributed by atoms with E-state index in [0.717, 1.165) is 28.7 Å². The summed E-state index contributed by atoms with van der Waals surface area (Å²) >= 11 is 1.65. The Morgan fingerprint density at radius 2 is 2.25 bits per heavy atom. The highest BCUT2D eigenvalue weighted by Gasteiger charge is 2.31. The number of anilines is 1. The van der Waals surface area contributed by atoms with Gasteiger partial charge in [0, 0.05) is 12.6 Å². The minimum absolute atomic E-state index is 0.395. The number of aliphatic hydroxyl groups excluding tert-OH is 1. The number of rotatable bonds is 5. The Kier molecular flexibility index (Phi) is 3.50. The smallest absolute Gasteiger partial charge is 0.186 e. The summed E-state index contributed by atoms with van der Waals surface area (Å²) in [6.07, 6.45) is 3.35. The number of aromatic nitrogens is 1. The van der Waals surface area contributed by atoms with Crippen molar-refractivity contribution < 1.29 is 5.11 Å². The molecule has 3 nitrogen and oxygen atoms in total. The molecular weight excluding hydrogens is 220 g/mol. The number of thiazole rings is 1. The summed E-state index contributed by atoms with van der Waals surface area (Å²) in [7, 11) is 0. The summed E-state index contributed by atoms with van der Waals surface area (Å²) in [6.45, 7) is 7.08. The van der Waals surface area contributed by atoms with E-state index in [4.69, 9.17) is 0 Å². The summed E-state index contributed by atoms with van der Waals surface area (Å²) in [5, 5.41) is 10.7. The van der Waals surface area contributed by atoms with E-state index < -0.39 is 6.10 Å². The van der Waals surface area contributed by atoms with Gasteiger partial charge >= 0.3 is 0 Å². The summed E-state index contributed by atoms with van der Waals surface area (Å²) in [5.41, 5.74) is 0.983. The van der Waals surface area contributed by atoms with Gasteiger partial charge in [-0.1, -0.05) is 18.3 Å². The van der Waals surface area contributed by atoms with Gasteiger partial charge in [-0.25, -0.2) is 4.98 Å². The molecule has 1 N–H and O–H groups in total. The molecule has 1 atom stereocenters. The molecule has 1 aliphatic rings. The molecule has 1 unspecified atom stereocenters. The lowest BCUT2D eigenvalue weighted by atomic mass is 10.3. The maximum atomic E-state index is 9.64. The Balaban J connectivity index is 2.20. The van der Waals surface area contributed by atoms with E-state index in [-0.39, 0.29) is 0 Å². The van der Waals surface area contributed by atoms with Crippen LogP contribution >= 0.6 is 11.3 Å². The lowest BCUT2D eigenvalue weighted by Crippen LogP contribution is -2.26. The zero-order valence-corrected chi connectivity index (χ0v) is 11.0. The minimum Gasteiger partial charge on any atom is -0.388 e. The van der Waals surface area contributed by atoms with Crippen molar-refractivity contribution in [3.63, 3.8) is 0 Å². The largest absolute Gasteiger partial charge is 0.388 e. The van der Waals surface area contributed by atoms with Gasteiger partial charge in [-0.2, -0.15) is 0 Å². The van der Waals surface area contributed by atoms with Gasteiger partial charge in [0.2, 0.25) is 0 Å². The summed E-state index contributed by atoms with van der Waals surface area (Å²) in [4.78, 5) is 8.01. The predicted octanol–water partition coefficient (Wildman–Crippen LogP) is 2.88. The number of nitrogens with zero attached hydrogens (tertiary/aromatic N) is 2.